The summed E-state index contributed by atoms with van der Waals surface area (Å²) in [6.07, 6.45) is -0.485. The van der Waals surface area contributed by atoms with Crippen LogP contribution in [-0.4, -0.2) is 42.3 Å². The summed E-state index contributed by atoms with van der Waals surface area (Å²) < 4.78 is 0. The van der Waals surface area contributed by atoms with Gasteiger partial charge in [0, 0.05) is 18.0 Å². The first-order valence-electron chi connectivity index (χ1n) is 3.15. The maximum atomic E-state index is 9.18. The highest BCUT2D eigenvalue weighted by molar-refractivity contribution is 4.87. The lowest BCUT2D eigenvalue weighted by atomic mass is 10.2. The lowest BCUT2D eigenvalue weighted by Crippen LogP contribution is -2.20. The summed E-state index contributed by atoms with van der Waals surface area (Å²) in [5.74, 6) is 0. The van der Waals surface area contributed by atoms with E-state index >= 15 is 0 Å². The van der Waals surface area contributed by atoms with E-state index in [2.05, 4.69) is 10.0 Å². The molecule has 0 aromatic heterocycles. The molecule has 1 rings (SSSR count). The highest BCUT2D eigenvalue weighted by atomic mass is 16.3. The van der Waals surface area contributed by atoms with E-state index in [0.717, 1.165) is 0 Å². The topological polar surface area (TPSA) is 72.2 Å². The average molecular weight is 142 g/mol. The highest BCUT2D eigenvalue weighted by Gasteiger charge is 2.27. The van der Waals surface area contributed by atoms with Gasteiger partial charge in [-0.15, -0.1) is 0 Å². The molecule has 0 bridgehead atoms. The Bertz CT molecular complexity index is 165. The van der Waals surface area contributed by atoms with E-state index in [-0.39, 0.29) is 6.04 Å². The van der Waals surface area contributed by atoms with Crippen molar-refractivity contribution in [3.05, 3.63) is 10.4 Å². The van der Waals surface area contributed by atoms with Crippen LogP contribution in [0.4, 0.5) is 0 Å². The summed E-state index contributed by atoms with van der Waals surface area (Å²) in [7, 11) is 1.89. The molecule has 0 saturated carbocycles. The van der Waals surface area contributed by atoms with Crippen LogP contribution in [-0.2, 0) is 0 Å². The summed E-state index contributed by atoms with van der Waals surface area (Å²) >= 11 is 0. The number of hydrogen-bond donors (Lipinski definition) is 1. The number of azide groups is 1. The summed E-state index contributed by atoms with van der Waals surface area (Å²) in [6, 6.07) is -0.255. The Morgan fingerprint density at radius 2 is 2.40 bits per heavy atom. The fourth-order valence-corrected chi connectivity index (χ4v) is 1.14. The predicted molar refractivity (Wildman–Crippen MR) is 36.4 cm³/mol. The minimum Gasteiger partial charge on any atom is -0.391 e. The fourth-order valence-electron chi connectivity index (χ4n) is 1.14. The molecule has 2 atom stereocenters. The predicted octanol–water partition coefficient (Wildman–Crippen LogP) is -0.0284. The number of likely N-dealkylation sites (tertiary alicyclic amines) is 1. The first kappa shape index (κ1) is 7.34. The standard InChI is InChI=1S/C5H10N4O/c1-9-2-4(7-8-6)5(10)3-9/h4-5,10H,2-3H2,1H3/t4-,5+/m0/s1. The van der Waals surface area contributed by atoms with Crippen LogP contribution in [0.1, 0.15) is 0 Å². The molecule has 1 fully saturated rings. The monoisotopic (exact) mass is 142 g/mol. The first-order valence-corrected chi connectivity index (χ1v) is 3.15. The molecular weight excluding hydrogens is 132 g/mol. The number of aliphatic hydroxyl groups excluding tert-OH is 1. The quantitative estimate of drug-likeness (QED) is 0.317. The zero-order valence-corrected chi connectivity index (χ0v) is 5.80. The maximum Gasteiger partial charge on any atom is 0.0773 e. The van der Waals surface area contributed by atoms with Crippen molar-refractivity contribution in [2.45, 2.75) is 12.1 Å². The SMILES string of the molecule is CN1C[C@@H](O)[C@@H](N=[N+]=[N-])C1. The highest BCUT2D eigenvalue weighted by Crippen LogP contribution is 2.10. The number of nitrogens with zero attached hydrogens (tertiary/aromatic N) is 4. The van der Waals surface area contributed by atoms with Crippen molar-refractivity contribution < 1.29 is 5.11 Å². The summed E-state index contributed by atoms with van der Waals surface area (Å²) in [6.45, 7) is 1.26. The summed E-state index contributed by atoms with van der Waals surface area (Å²) in [5, 5.41) is 12.6. The van der Waals surface area contributed by atoms with Crippen LogP contribution in [0.25, 0.3) is 10.4 Å². The smallest absolute Gasteiger partial charge is 0.0773 e. The van der Waals surface area contributed by atoms with Crippen LogP contribution >= 0.6 is 0 Å². The molecule has 0 aliphatic carbocycles. The number of β-amino-alcohol motifs (C(OH)–C–C–N with tert-alkyl or cyclic N) is 1. The van der Waals surface area contributed by atoms with Gasteiger partial charge < -0.3 is 10.0 Å². The number of aliphatic hydroxyl groups is 1. The normalized spacial score (nSPS) is 33.8. The zero-order chi connectivity index (χ0) is 7.56. The lowest BCUT2D eigenvalue weighted by molar-refractivity contribution is 0.169. The van der Waals surface area contributed by atoms with Crippen LogP contribution in [0, 0.1) is 0 Å². The molecule has 0 spiro atoms. The van der Waals surface area contributed by atoms with E-state index in [1.54, 1.807) is 0 Å². The van der Waals surface area contributed by atoms with Crippen molar-refractivity contribution in [3.63, 3.8) is 0 Å². The van der Waals surface area contributed by atoms with Gasteiger partial charge in [-0.25, -0.2) is 0 Å². The van der Waals surface area contributed by atoms with Crippen LogP contribution in [0.2, 0.25) is 0 Å². The van der Waals surface area contributed by atoms with Gasteiger partial charge in [-0.3, -0.25) is 0 Å². The van der Waals surface area contributed by atoms with Crippen molar-refractivity contribution in [1.82, 2.24) is 4.90 Å². The van der Waals surface area contributed by atoms with E-state index in [4.69, 9.17) is 5.53 Å². The molecule has 1 heterocycles. The molecule has 0 aromatic carbocycles. The van der Waals surface area contributed by atoms with E-state index in [0.29, 0.717) is 13.1 Å². The number of rotatable bonds is 1. The maximum absolute atomic E-state index is 9.18. The number of likely N-dealkylation sites (N-methyl/N-ethyl adjacent to an activating group) is 1. The molecule has 56 valence electrons. The van der Waals surface area contributed by atoms with Gasteiger partial charge in [-0.1, -0.05) is 5.11 Å². The zero-order valence-electron chi connectivity index (χ0n) is 5.80. The van der Waals surface area contributed by atoms with Crippen LogP contribution in [0.15, 0.2) is 5.11 Å². The summed E-state index contributed by atoms with van der Waals surface area (Å²) in [5.41, 5.74) is 8.06. The Hall–Kier alpha value is -0.770. The van der Waals surface area contributed by atoms with Crippen LogP contribution < -0.4 is 0 Å². The van der Waals surface area contributed by atoms with Gasteiger partial charge in [0.25, 0.3) is 0 Å². The molecule has 1 N–H and O–H groups in total. The second-order valence-corrected chi connectivity index (χ2v) is 2.56. The minimum atomic E-state index is -0.485. The first-order chi connectivity index (χ1) is 4.74. The van der Waals surface area contributed by atoms with Gasteiger partial charge >= 0.3 is 0 Å². The summed E-state index contributed by atoms with van der Waals surface area (Å²) in [4.78, 5) is 4.58. The third kappa shape index (κ3) is 1.39. The van der Waals surface area contributed by atoms with Gasteiger partial charge in [-0.05, 0) is 12.6 Å². The van der Waals surface area contributed by atoms with Gasteiger partial charge in [0.15, 0.2) is 0 Å². The molecule has 1 aliphatic rings. The minimum absolute atomic E-state index is 0.255. The van der Waals surface area contributed by atoms with Crippen molar-refractivity contribution >= 4 is 0 Å². The molecule has 0 aromatic rings. The Balaban J connectivity index is 2.54. The van der Waals surface area contributed by atoms with Crippen molar-refractivity contribution in [2.24, 2.45) is 5.11 Å². The molecule has 5 nitrogen and oxygen atoms in total. The van der Waals surface area contributed by atoms with Gasteiger partial charge in [-0.2, -0.15) is 0 Å². The molecule has 0 radical (unpaired) electrons. The van der Waals surface area contributed by atoms with E-state index in [9.17, 15) is 5.11 Å². The van der Waals surface area contributed by atoms with Crippen LogP contribution in [0.5, 0.6) is 0 Å². The van der Waals surface area contributed by atoms with E-state index in [1.807, 2.05) is 11.9 Å². The van der Waals surface area contributed by atoms with Crippen LogP contribution in [0.3, 0.4) is 0 Å². The third-order valence-electron chi connectivity index (χ3n) is 1.64. The Kier molecular flexibility index (Phi) is 2.11. The van der Waals surface area contributed by atoms with Crippen molar-refractivity contribution in [2.75, 3.05) is 20.1 Å². The lowest BCUT2D eigenvalue weighted by Gasteiger charge is -2.02. The fraction of sp³-hybridized carbons (Fsp3) is 1.00. The van der Waals surface area contributed by atoms with E-state index in [1.165, 1.54) is 0 Å². The Labute approximate surface area is 58.9 Å². The molecule has 0 amide bonds. The second kappa shape index (κ2) is 2.88. The molecule has 0 unspecified atom stereocenters. The van der Waals surface area contributed by atoms with Crippen molar-refractivity contribution in [3.8, 4) is 0 Å². The molecule has 5 heteroatoms. The second-order valence-electron chi connectivity index (χ2n) is 2.56. The largest absolute Gasteiger partial charge is 0.391 e. The van der Waals surface area contributed by atoms with E-state index < -0.39 is 6.10 Å². The van der Waals surface area contributed by atoms with Gasteiger partial charge in [0.2, 0.25) is 0 Å². The average Bonchev–Trinajstić information content (AvgIpc) is 2.13. The Morgan fingerprint density at radius 1 is 1.70 bits per heavy atom. The number of hydrogen-bond acceptors (Lipinski definition) is 3. The van der Waals surface area contributed by atoms with Gasteiger partial charge in [0.05, 0.1) is 12.1 Å². The van der Waals surface area contributed by atoms with Crippen molar-refractivity contribution in [1.29, 1.82) is 0 Å². The molecule has 1 aliphatic heterocycles. The molecular formula is C5H10N4O. The van der Waals surface area contributed by atoms with Gasteiger partial charge in [0.1, 0.15) is 0 Å². The molecule has 1 saturated heterocycles. The third-order valence-corrected chi connectivity index (χ3v) is 1.64. The Morgan fingerprint density at radius 3 is 2.80 bits per heavy atom. The molecule has 10 heavy (non-hydrogen) atoms.